The predicted octanol–water partition coefficient (Wildman–Crippen LogP) is 3.81. The molecule has 0 saturated heterocycles. The number of nitrogens with zero attached hydrogens (tertiary/aromatic N) is 3. The van der Waals surface area contributed by atoms with Crippen molar-refractivity contribution in [3.8, 4) is 10.6 Å². The molecule has 0 aliphatic carbocycles. The van der Waals surface area contributed by atoms with Crippen molar-refractivity contribution in [1.29, 1.82) is 0 Å². The van der Waals surface area contributed by atoms with Crippen LogP contribution in [0.1, 0.15) is 26.5 Å². The fraction of sp³-hybridized carbons (Fsp3) is 0.100. The minimum Gasteiger partial charge on any atom is -0.465 e. The number of aromatic nitrogens is 3. The quantitative estimate of drug-likeness (QED) is 0.534. The molecule has 0 aliphatic heterocycles. The zero-order valence-corrected chi connectivity index (χ0v) is 16.0. The Hall–Kier alpha value is -3.52. The van der Waals surface area contributed by atoms with Crippen LogP contribution in [0.4, 0.5) is 5.69 Å². The van der Waals surface area contributed by atoms with Crippen LogP contribution in [0.15, 0.2) is 53.9 Å². The molecule has 8 heteroatoms. The topological polar surface area (TPSA) is 85.6 Å². The molecule has 0 aliphatic rings. The first-order valence-corrected chi connectivity index (χ1v) is 9.34. The number of carbonyl (C=O) groups excluding carboxylic acids is 2. The molecular weight excluding hydrogens is 376 g/mol. The third-order valence-corrected chi connectivity index (χ3v) is 5.05. The number of rotatable bonds is 4. The molecule has 0 atom stereocenters. The number of amides is 1. The number of fused-ring (bicyclic) bond motifs is 1. The summed E-state index contributed by atoms with van der Waals surface area (Å²) in [6, 6.07) is 14.0. The Balaban J connectivity index is 1.63. The molecule has 28 heavy (non-hydrogen) atoms. The molecule has 3 heterocycles. The van der Waals surface area contributed by atoms with Gasteiger partial charge in [0.15, 0.2) is 5.65 Å². The smallest absolute Gasteiger partial charge is 0.337 e. The lowest BCUT2D eigenvalue weighted by Gasteiger charge is -2.07. The molecule has 0 saturated carbocycles. The van der Waals surface area contributed by atoms with Gasteiger partial charge in [-0.25, -0.2) is 14.3 Å². The summed E-state index contributed by atoms with van der Waals surface area (Å²) in [7, 11) is 1.31. The molecule has 140 valence electrons. The Labute approximate surface area is 164 Å². The Morgan fingerprint density at radius 1 is 1.14 bits per heavy atom. The third-order valence-electron chi connectivity index (χ3n) is 4.15. The van der Waals surface area contributed by atoms with Gasteiger partial charge in [0.05, 0.1) is 17.6 Å². The summed E-state index contributed by atoms with van der Waals surface area (Å²) in [5.74, 6) is -0.835. The van der Waals surface area contributed by atoms with E-state index in [1.165, 1.54) is 7.11 Å². The molecule has 0 spiro atoms. The molecular formula is C20H16N4O3S. The number of methoxy groups -OCH3 is 1. The molecule has 1 amide bonds. The number of benzene rings is 1. The number of hydrogen-bond donors (Lipinski definition) is 1. The van der Waals surface area contributed by atoms with Crippen molar-refractivity contribution in [2.24, 2.45) is 0 Å². The van der Waals surface area contributed by atoms with Gasteiger partial charge in [0.25, 0.3) is 5.91 Å². The molecule has 1 N–H and O–H groups in total. The van der Waals surface area contributed by atoms with E-state index in [0.717, 1.165) is 16.3 Å². The number of nitrogens with one attached hydrogen (secondary N) is 1. The second kappa shape index (κ2) is 7.24. The van der Waals surface area contributed by atoms with Crippen molar-refractivity contribution in [3.63, 3.8) is 0 Å². The highest BCUT2D eigenvalue weighted by Gasteiger charge is 2.15. The molecule has 0 radical (unpaired) electrons. The highest BCUT2D eigenvalue weighted by Crippen LogP contribution is 2.24. The zero-order valence-electron chi connectivity index (χ0n) is 15.2. The second-order valence-corrected chi connectivity index (χ2v) is 7.03. The van der Waals surface area contributed by atoms with Crippen molar-refractivity contribution in [3.05, 3.63) is 70.9 Å². The number of aryl methyl sites for hydroxylation is 1. The van der Waals surface area contributed by atoms with Gasteiger partial charge >= 0.3 is 5.97 Å². The fourth-order valence-electron chi connectivity index (χ4n) is 2.82. The summed E-state index contributed by atoms with van der Waals surface area (Å²) in [5.41, 5.74) is 3.31. The number of thiophene rings is 1. The van der Waals surface area contributed by atoms with Gasteiger partial charge in [0.1, 0.15) is 11.4 Å². The average molecular weight is 392 g/mol. The number of ether oxygens (including phenoxy) is 1. The van der Waals surface area contributed by atoms with E-state index >= 15 is 0 Å². The Kier molecular flexibility index (Phi) is 4.62. The Morgan fingerprint density at radius 3 is 2.75 bits per heavy atom. The lowest BCUT2D eigenvalue weighted by atomic mass is 10.2. The molecule has 0 fully saturated rings. The monoisotopic (exact) mass is 392 g/mol. The van der Waals surface area contributed by atoms with E-state index in [0.29, 0.717) is 16.9 Å². The van der Waals surface area contributed by atoms with Crippen molar-refractivity contribution in [2.45, 2.75) is 6.92 Å². The standard InChI is InChI=1S/C20H16N4O3S/c1-12-9-16(19(25)21-14-6-3-5-13(10-14)20(26)27-2)22-18-11-15(23-24(12)18)17-7-4-8-28-17/h3-11H,1-2H3,(H,21,25). The van der Waals surface area contributed by atoms with E-state index in [-0.39, 0.29) is 11.6 Å². The van der Waals surface area contributed by atoms with Crippen molar-refractivity contribution < 1.29 is 14.3 Å². The predicted molar refractivity (Wildman–Crippen MR) is 107 cm³/mol. The second-order valence-electron chi connectivity index (χ2n) is 6.09. The molecule has 0 bridgehead atoms. The maximum absolute atomic E-state index is 12.7. The molecule has 3 aromatic heterocycles. The zero-order chi connectivity index (χ0) is 19.7. The van der Waals surface area contributed by atoms with Crippen LogP contribution in [0.3, 0.4) is 0 Å². The van der Waals surface area contributed by atoms with Gasteiger partial charge in [0.2, 0.25) is 0 Å². The summed E-state index contributed by atoms with van der Waals surface area (Å²) in [5, 5.41) is 9.32. The van der Waals surface area contributed by atoms with Gasteiger partial charge < -0.3 is 10.1 Å². The number of esters is 1. The maximum Gasteiger partial charge on any atom is 0.337 e. The highest BCUT2D eigenvalue weighted by atomic mass is 32.1. The summed E-state index contributed by atoms with van der Waals surface area (Å²) in [6.45, 7) is 1.87. The third kappa shape index (κ3) is 3.37. The van der Waals surface area contributed by atoms with Crippen LogP contribution in [0.25, 0.3) is 16.2 Å². The largest absolute Gasteiger partial charge is 0.465 e. The van der Waals surface area contributed by atoms with E-state index in [9.17, 15) is 9.59 Å². The molecule has 7 nitrogen and oxygen atoms in total. The first-order valence-electron chi connectivity index (χ1n) is 8.46. The average Bonchev–Trinajstić information content (AvgIpc) is 3.37. The van der Waals surface area contributed by atoms with Crippen molar-refractivity contribution in [2.75, 3.05) is 12.4 Å². The van der Waals surface area contributed by atoms with E-state index in [2.05, 4.69) is 15.4 Å². The minimum absolute atomic E-state index is 0.270. The van der Waals surface area contributed by atoms with Gasteiger partial charge in [-0.05, 0) is 42.6 Å². The van der Waals surface area contributed by atoms with Gasteiger partial charge in [-0.3, -0.25) is 4.79 Å². The van der Waals surface area contributed by atoms with Gasteiger partial charge in [-0.15, -0.1) is 11.3 Å². The lowest BCUT2D eigenvalue weighted by molar-refractivity contribution is 0.0600. The highest BCUT2D eigenvalue weighted by molar-refractivity contribution is 7.13. The Bertz CT molecular complexity index is 1180. The van der Waals surface area contributed by atoms with Crippen LogP contribution in [0, 0.1) is 6.92 Å². The summed E-state index contributed by atoms with van der Waals surface area (Å²) < 4.78 is 6.42. The first-order chi connectivity index (χ1) is 13.5. The SMILES string of the molecule is COC(=O)c1cccc(NC(=O)c2cc(C)n3nc(-c4cccs4)cc3n2)c1. The van der Waals surface area contributed by atoms with E-state index in [1.54, 1.807) is 46.2 Å². The van der Waals surface area contributed by atoms with E-state index in [1.807, 2.05) is 30.5 Å². The van der Waals surface area contributed by atoms with Crippen LogP contribution in [-0.2, 0) is 4.74 Å². The van der Waals surface area contributed by atoms with Crippen LogP contribution >= 0.6 is 11.3 Å². The van der Waals surface area contributed by atoms with Gasteiger partial charge in [-0.2, -0.15) is 5.10 Å². The molecule has 4 aromatic rings. The van der Waals surface area contributed by atoms with Crippen LogP contribution in [0.5, 0.6) is 0 Å². The normalized spacial score (nSPS) is 10.8. The van der Waals surface area contributed by atoms with Crippen molar-refractivity contribution >= 4 is 34.5 Å². The fourth-order valence-corrected chi connectivity index (χ4v) is 3.50. The number of carbonyl (C=O) groups is 2. The molecule has 4 rings (SSSR count). The van der Waals surface area contributed by atoms with E-state index in [4.69, 9.17) is 4.74 Å². The van der Waals surface area contributed by atoms with Crippen LogP contribution < -0.4 is 5.32 Å². The maximum atomic E-state index is 12.7. The molecule has 0 unspecified atom stereocenters. The molecule has 1 aromatic carbocycles. The minimum atomic E-state index is -0.466. The van der Waals surface area contributed by atoms with Crippen LogP contribution in [0.2, 0.25) is 0 Å². The van der Waals surface area contributed by atoms with E-state index < -0.39 is 5.97 Å². The van der Waals surface area contributed by atoms with Gasteiger partial charge in [-0.1, -0.05) is 12.1 Å². The van der Waals surface area contributed by atoms with Crippen molar-refractivity contribution in [1.82, 2.24) is 14.6 Å². The summed E-state index contributed by atoms with van der Waals surface area (Å²) in [6.07, 6.45) is 0. The van der Waals surface area contributed by atoms with Crippen LogP contribution in [-0.4, -0.2) is 33.6 Å². The lowest BCUT2D eigenvalue weighted by Crippen LogP contribution is -2.15. The summed E-state index contributed by atoms with van der Waals surface area (Å²) in [4.78, 5) is 29.8. The number of anilines is 1. The first kappa shape index (κ1) is 17.9. The Morgan fingerprint density at radius 2 is 2.00 bits per heavy atom. The number of hydrogen-bond acceptors (Lipinski definition) is 6. The summed E-state index contributed by atoms with van der Waals surface area (Å²) >= 11 is 1.59. The van der Waals surface area contributed by atoms with Gasteiger partial charge in [0, 0.05) is 17.4 Å².